The van der Waals surface area contributed by atoms with Crippen LogP contribution in [0.1, 0.15) is 18.4 Å². The second-order valence-corrected chi connectivity index (χ2v) is 6.06. The lowest BCUT2D eigenvalue weighted by Crippen LogP contribution is -2.20. The molecule has 1 aromatic carbocycles. The van der Waals surface area contributed by atoms with Crippen LogP contribution in [0, 0.1) is 5.92 Å². The average molecular weight is 247 g/mol. The standard InChI is InChI=1S/C13H17N3S/c1-16(7-9-2-3-9)8-10-4-5-11-12(6-10)17-13(14)15-11/h4-6,9H,2-3,7-8H2,1H3,(H2,14,15). The van der Waals surface area contributed by atoms with Gasteiger partial charge in [-0.2, -0.15) is 0 Å². The van der Waals surface area contributed by atoms with Crippen LogP contribution < -0.4 is 5.73 Å². The summed E-state index contributed by atoms with van der Waals surface area (Å²) in [6, 6.07) is 6.44. The minimum atomic E-state index is 0.656. The molecule has 1 aliphatic rings. The maximum Gasteiger partial charge on any atom is 0.181 e. The second-order valence-electron chi connectivity index (χ2n) is 4.99. The molecule has 3 rings (SSSR count). The van der Waals surface area contributed by atoms with Crippen molar-refractivity contribution in [2.75, 3.05) is 19.3 Å². The molecule has 0 aliphatic heterocycles. The molecule has 0 radical (unpaired) electrons. The van der Waals surface area contributed by atoms with Crippen LogP contribution in [-0.2, 0) is 6.54 Å². The molecule has 0 atom stereocenters. The summed E-state index contributed by atoms with van der Waals surface area (Å²) >= 11 is 1.57. The molecule has 1 aliphatic carbocycles. The monoisotopic (exact) mass is 247 g/mol. The SMILES string of the molecule is CN(Cc1ccc2nc(N)sc2c1)CC1CC1. The molecule has 0 amide bonds. The van der Waals surface area contributed by atoms with Crippen molar-refractivity contribution >= 4 is 26.7 Å². The Morgan fingerprint density at radius 2 is 2.29 bits per heavy atom. The van der Waals surface area contributed by atoms with E-state index in [0.29, 0.717) is 5.13 Å². The number of anilines is 1. The topological polar surface area (TPSA) is 42.2 Å². The molecular weight excluding hydrogens is 230 g/mol. The number of aromatic nitrogens is 1. The summed E-state index contributed by atoms with van der Waals surface area (Å²) in [7, 11) is 2.20. The van der Waals surface area contributed by atoms with Gasteiger partial charge in [0.2, 0.25) is 0 Å². The van der Waals surface area contributed by atoms with Crippen LogP contribution in [-0.4, -0.2) is 23.5 Å². The lowest BCUT2D eigenvalue weighted by atomic mass is 10.2. The lowest BCUT2D eigenvalue weighted by molar-refractivity contribution is 0.313. The van der Waals surface area contributed by atoms with E-state index >= 15 is 0 Å². The zero-order chi connectivity index (χ0) is 11.8. The van der Waals surface area contributed by atoms with Gasteiger partial charge in [-0.05, 0) is 43.5 Å². The highest BCUT2D eigenvalue weighted by Gasteiger charge is 2.22. The van der Waals surface area contributed by atoms with Crippen molar-refractivity contribution in [2.45, 2.75) is 19.4 Å². The van der Waals surface area contributed by atoms with E-state index in [1.54, 1.807) is 11.3 Å². The Hall–Kier alpha value is -1.13. The van der Waals surface area contributed by atoms with E-state index in [2.05, 4.69) is 35.1 Å². The Balaban J connectivity index is 1.74. The Morgan fingerprint density at radius 1 is 1.47 bits per heavy atom. The summed E-state index contributed by atoms with van der Waals surface area (Å²) < 4.78 is 1.19. The minimum absolute atomic E-state index is 0.656. The molecule has 4 heteroatoms. The largest absolute Gasteiger partial charge is 0.375 e. The van der Waals surface area contributed by atoms with Crippen LogP contribution in [0.2, 0.25) is 0 Å². The summed E-state index contributed by atoms with van der Waals surface area (Å²) in [5, 5.41) is 0.656. The highest BCUT2D eigenvalue weighted by molar-refractivity contribution is 7.22. The number of nitrogen functional groups attached to an aromatic ring is 1. The molecule has 0 bridgehead atoms. The Kier molecular flexibility index (Phi) is 2.76. The van der Waals surface area contributed by atoms with Crippen molar-refractivity contribution in [1.82, 2.24) is 9.88 Å². The van der Waals surface area contributed by atoms with Gasteiger partial charge in [-0.15, -0.1) is 0 Å². The van der Waals surface area contributed by atoms with Gasteiger partial charge in [0.05, 0.1) is 10.2 Å². The smallest absolute Gasteiger partial charge is 0.181 e. The van der Waals surface area contributed by atoms with Crippen LogP contribution in [0.25, 0.3) is 10.2 Å². The van der Waals surface area contributed by atoms with E-state index in [-0.39, 0.29) is 0 Å². The maximum atomic E-state index is 5.71. The molecule has 1 heterocycles. The van der Waals surface area contributed by atoms with Gasteiger partial charge in [-0.25, -0.2) is 4.98 Å². The quantitative estimate of drug-likeness (QED) is 0.903. The fourth-order valence-electron chi connectivity index (χ4n) is 2.20. The van der Waals surface area contributed by atoms with E-state index < -0.39 is 0 Å². The second kappa shape index (κ2) is 4.27. The molecule has 17 heavy (non-hydrogen) atoms. The summed E-state index contributed by atoms with van der Waals surface area (Å²) in [5.74, 6) is 0.947. The van der Waals surface area contributed by atoms with Crippen LogP contribution in [0.5, 0.6) is 0 Å². The van der Waals surface area contributed by atoms with Crippen molar-refractivity contribution in [1.29, 1.82) is 0 Å². The van der Waals surface area contributed by atoms with E-state index in [1.807, 2.05) is 0 Å². The number of hydrogen-bond acceptors (Lipinski definition) is 4. The Bertz CT molecular complexity index is 530. The fourth-order valence-corrected chi connectivity index (χ4v) is 3.00. The normalized spacial score (nSPS) is 15.9. The molecular formula is C13H17N3S. The third-order valence-electron chi connectivity index (χ3n) is 3.19. The Labute approximate surface area is 105 Å². The van der Waals surface area contributed by atoms with Gasteiger partial charge in [0.25, 0.3) is 0 Å². The molecule has 1 saturated carbocycles. The van der Waals surface area contributed by atoms with Crippen LogP contribution in [0.3, 0.4) is 0 Å². The number of thiazole rings is 1. The summed E-state index contributed by atoms with van der Waals surface area (Å²) in [6.07, 6.45) is 2.82. The number of benzene rings is 1. The van der Waals surface area contributed by atoms with Crippen LogP contribution >= 0.6 is 11.3 Å². The van der Waals surface area contributed by atoms with Crippen molar-refractivity contribution < 1.29 is 0 Å². The molecule has 0 unspecified atom stereocenters. The number of nitrogens with zero attached hydrogens (tertiary/aromatic N) is 2. The van der Waals surface area contributed by atoms with E-state index in [0.717, 1.165) is 18.0 Å². The first-order chi connectivity index (χ1) is 8.20. The van der Waals surface area contributed by atoms with Gasteiger partial charge >= 0.3 is 0 Å². The first-order valence-corrected chi connectivity index (χ1v) is 6.86. The summed E-state index contributed by atoms with van der Waals surface area (Å²) in [5.41, 5.74) is 8.08. The maximum absolute atomic E-state index is 5.71. The molecule has 2 N–H and O–H groups in total. The zero-order valence-corrected chi connectivity index (χ0v) is 10.8. The van der Waals surface area contributed by atoms with Gasteiger partial charge in [0, 0.05) is 13.1 Å². The molecule has 1 fully saturated rings. The van der Waals surface area contributed by atoms with Gasteiger partial charge in [-0.3, -0.25) is 0 Å². The van der Waals surface area contributed by atoms with Crippen molar-refractivity contribution in [3.8, 4) is 0 Å². The van der Waals surface area contributed by atoms with Gasteiger partial charge in [-0.1, -0.05) is 17.4 Å². The van der Waals surface area contributed by atoms with E-state index in [9.17, 15) is 0 Å². The first kappa shape index (κ1) is 11.0. The third kappa shape index (κ3) is 2.58. The van der Waals surface area contributed by atoms with Crippen molar-refractivity contribution in [3.05, 3.63) is 23.8 Å². The predicted molar refractivity (Wildman–Crippen MR) is 73.1 cm³/mol. The molecule has 1 aromatic heterocycles. The highest BCUT2D eigenvalue weighted by Crippen LogP contribution is 2.30. The van der Waals surface area contributed by atoms with Gasteiger partial charge < -0.3 is 10.6 Å². The Morgan fingerprint density at radius 3 is 3.06 bits per heavy atom. The number of nitrogens with two attached hydrogens (primary N) is 1. The van der Waals surface area contributed by atoms with E-state index in [4.69, 9.17) is 5.73 Å². The number of rotatable bonds is 4. The first-order valence-electron chi connectivity index (χ1n) is 6.04. The lowest BCUT2D eigenvalue weighted by Gasteiger charge is -2.15. The number of hydrogen-bond donors (Lipinski definition) is 1. The summed E-state index contributed by atoms with van der Waals surface area (Å²) in [4.78, 5) is 6.68. The summed E-state index contributed by atoms with van der Waals surface area (Å²) in [6.45, 7) is 2.24. The van der Waals surface area contributed by atoms with Gasteiger partial charge in [0.1, 0.15) is 0 Å². The molecule has 0 saturated heterocycles. The van der Waals surface area contributed by atoms with Crippen LogP contribution in [0.4, 0.5) is 5.13 Å². The highest BCUT2D eigenvalue weighted by atomic mass is 32.1. The van der Waals surface area contributed by atoms with Gasteiger partial charge in [0.15, 0.2) is 5.13 Å². The average Bonchev–Trinajstić information content (AvgIpc) is 2.98. The fraction of sp³-hybridized carbons (Fsp3) is 0.462. The molecule has 2 aromatic rings. The minimum Gasteiger partial charge on any atom is -0.375 e. The van der Waals surface area contributed by atoms with Crippen molar-refractivity contribution in [2.24, 2.45) is 5.92 Å². The number of fused-ring (bicyclic) bond motifs is 1. The molecule has 90 valence electrons. The van der Waals surface area contributed by atoms with Crippen molar-refractivity contribution in [3.63, 3.8) is 0 Å². The van der Waals surface area contributed by atoms with E-state index in [1.165, 1.54) is 29.6 Å². The zero-order valence-electron chi connectivity index (χ0n) is 10.0. The third-order valence-corrected chi connectivity index (χ3v) is 4.04. The predicted octanol–water partition coefficient (Wildman–Crippen LogP) is 2.72. The van der Waals surface area contributed by atoms with Crippen LogP contribution in [0.15, 0.2) is 18.2 Å². The molecule has 3 nitrogen and oxygen atoms in total. The molecule has 0 spiro atoms.